The number of hydrogen-bond donors (Lipinski definition) is 2. The first-order chi connectivity index (χ1) is 10.6. The Bertz CT molecular complexity index is 472. The van der Waals surface area contributed by atoms with E-state index in [-0.39, 0.29) is 12.4 Å². The Morgan fingerprint density at radius 2 is 2.00 bits per heavy atom. The van der Waals surface area contributed by atoms with E-state index >= 15 is 0 Å². The number of quaternary nitrogens is 1. The number of hydrogen-bond acceptors (Lipinski definition) is 3. The number of Topliss-reactive ketones (excluding diaryl/α,β-unsaturated/α-hetero) is 1. The molecule has 0 amide bonds. The van der Waals surface area contributed by atoms with Crippen LogP contribution in [0.25, 0.3) is 0 Å². The minimum absolute atomic E-state index is 0.0442. The fraction of sp³-hybridized carbons (Fsp3) is 0.611. The second-order valence-electron chi connectivity index (χ2n) is 6.44. The van der Waals surface area contributed by atoms with E-state index in [1.165, 1.54) is 25.7 Å². The molecule has 122 valence electrons. The number of aliphatic hydroxyl groups excluding tert-OH is 1. The lowest BCUT2D eigenvalue weighted by Gasteiger charge is -2.27. The van der Waals surface area contributed by atoms with Crippen LogP contribution in [-0.4, -0.2) is 36.2 Å². The summed E-state index contributed by atoms with van der Waals surface area (Å²) in [7, 11) is 0. The van der Waals surface area contributed by atoms with E-state index in [1.54, 1.807) is 31.2 Å². The van der Waals surface area contributed by atoms with Crippen molar-refractivity contribution < 1.29 is 20.0 Å². The zero-order valence-corrected chi connectivity index (χ0v) is 13.6. The van der Waals surface area contributed by atoms with Gasteiger partial charge in [0.15, 0.2) is 5.78 Å². The van der Waals surface area contributed by atoms with Crippen molar-refractivity contribution in [2.75, 3.05) is 13.2 Å². The topological polar surface area (TPSA) is 63.1 Å². The van der Waals surface area contributed by atoms with Crippen molar-refractivity contribution >= 4 is 5.78 Å². The van der Waals surface area contributed by atoms with Crippen molar-refractivity contribution in [3.8, 4) is 5.75 Å². The molecule has 4 heteroatoms. The molecule has 0 radical (unpaired) electrons. The number of nitrogens with two attached hydrogens (primary N) is 1. The summed E-state index contributed by atoms with van der Waals surface area (Å²) in [6, 6.07) is 7.69. The van der Waals surface area contributed by atoms with Crippen LogP contribution < -0.4 is 10.1 Å². The second kappa shape index (κ2) is 8.30. The van der Waals surface area contributed by atoms with Gasteiger partial charge in [-0.3, -0.25) is 4.79 Å². The Morgan fingerprint density at radius 3 is 2.64 bits per heavy atom. The zero-order chi connectivity index (χ0) is 15.9. The summed E-state index contributed by atoms with van der Waals surface area (Å²) in [6.45, 7) is 4.82. The summed E-state index contributed by atoms with van der Waals surface area (Å²) >= 11 is 0. The van der Waals surface area contributed by atoms with E-state index < -0.39 is 6.10 Å². The van der Waals surface area contributed by atoms with Crippen LogP contribution in [0.1, 0.15) is 49.9 Å². The Hall–Kier alpha value is -1.39. The molecule has 0 heterocycles. The Balaban J connectivity index is 1.70. The summed E-state index contributed by atoms with van der Waals surface area (Å²) in [4.78, 5) is 11.2. The van der Waals surface area contributed by atoms with Gasteiger partial charge in [0.1, 0.15) is 25.0 Å². The van der Waals surface area contributed by atoms with Gasteiger partial charge in [-0.2, -0.15) is 0 Å². The van der Waals surface area contributed by atoms with Gasteiger partial charge in [0.2, 0.25) is 0 Å². The molecule has 0 bridgehead atoms. The van der Waals surface area contributed by atoms with Crippen molar-refractivity contribution in [1.82, 2.24) is 0 Å². The van der Waals surface area contributed by atoms with E-state index in [0.717, 1.165) is 5.92 Å². The van der Waals surface area contributed by atoms with Crippen LogP contribution in [0.15, 0.2) is 24.3 Å². The number of aliphatic hydroxyl groups is 1. The van der Waals surface area contributed by atoms with E-state index in [4.69, 9.17) is 4.74 Å². The highest BCUT2D eigenvalue weighted by Crippen LogP contribution is 2.21. The molecular weight excluding hydrogens is 278 g/mol. The van der Waals surface area contributed by atoms with E-state index in [9.17, 15) is 9.90 Å². The summed E-state index contributed by atoms with van der Waals surface area (Å²) in [5, 5.41) is 12.3. The molecule has 0 saturated heterocycles. The quantitative estimate of drug-likeness (QED) is 0.755. The fourth-order valence-electron chi connectivity index (χ4n) is 3.07. The van der Waals surface area contributed by atoms with Crippen LogP contribution in [0.4, 0.5) is 0 Å². The molecule has 0 aliphatic heterocycles. The molecular formula is C18H28NO3+. The highest BCUT2D eigenvalue weighted by molar-refractivity contribution is 5.94. The van der Waals surface area contributed by atoms with Crippen molar-refractivity contribution in [1.29, 1.82) is 0 Å². The molecule has 1 aliphatic rings. The smallest absolute Gasteiger partial charge is 0.159 e. The van der Waals surface area contributed by atoms with Gasteiger partial charge >= 0.3 is 0 Å². The lowest BCUT2D eigenvalue weighted by Crippen LogP contribution is -2.93. The van der Waals surface area contributed by atoms with Crippen LogP contribution >= 0.6 is 0 Å². The van der Waals surface area contributed by atoms with Gasteiger partial charge in [0.05, 0.1) is 6.04 Å². The molecule has 1 aliphatic carbocycles. The number of ether oxygens (including phenoxy) is 1. The predicted molar refractivity (Wildman–Crippen MR) is 86.2 cm³/mol. The number of carbonyl (C=O) groups excluding carboxylic acids is 1. The fourth-order valence-corrected chi connectivity index (χ4v) is 3.07. The first kappa shape index (κ1) is 17.0. The first-order valence-electron chi connectivity index (χ1n) is 8.31. The number of carbonyl (C=O) groups is 1. The molecule has 3 N–H and O–H groups in total. The van der Waals surface area contributed by atoms with Crippen LogP contribution in [0.5, 0.6) is 5.75 Å². The van der Waals surface area contributed by atoms with Gasteiger partial charge < -0.3 is 15.2 Å². The molecule has 0 unspecified atom stereocenters. The summed E-state index contributed by atoms with van der Waals surface area (Å²) in [5.74, 6) is 1.47. The number of rotatable bonds is 7. The molecule has 1 aromatic carbocycles. The molecule has 0 spiro atoms. The molecule has 1 saturated carbocycles. The van der Waals surface area contributed by atoms with Gasteiger partial charge in [-0.05, 0) is 50.5 Å². The largest absolute Gasteiger partial charge is 0.491 e. The minimum Gasteiger partial charge on any atom is -0.491 e. The van der Waals surface area contributed by atoms with Gasteiger partial charge in [0, 0.05) is 11.5 Å². The maximum absolute atomic E-state index is 11.2. The van der Waals surface area contributed by atoms with Crippen LogP contribution in [0.3, 0.4) is 0 Å². The summed E-state index contributed by atoms with van der Waals surface area (Å²) in [6.07, 6.45) is 4.73. The summed E-state index contributed by atoms with van der Waals surface area (Å²) < 4.78 is 5.59. The lowest BCUT2D eigenvalue weighted by atomic mass is 9.86. The van der Waals surface area contributed by atoms with Gasteiger partial charge in [-0.1, -0.05) is 13.3 Å². The van der Waals surface area contributed by atoms with Crippen molar-refractivity contribution in [2.24, 2.45) is 5.92 Å². The molecule has 2 rings (SSSR count). The van der Waals surface area contributed by atoms with Gasteiger partial charge in [-0.25, -0.2) is 0 Å². The maximum Gasteiger partial charge on any atom is 0.159 e. The highest BCUT2D eigenvalue weighted by atomic mass is 16.5. The number of benzene rings is 1. The third-order valence-corrected chi connectivity index (χ3v) is 4.59. The Labute approximate surface area is 132 Å². The average molecular weight is 306 g/mol. The maximum atomic E-state index is 11.2. The van der Waals surface area contributed by atoms with Gasteiger partial charge in [-0.15, -0.1) is 0 Å². The van der Waals surface area contributed by atoms with E-state index in [0.29, 0.717) is 23.9 Å². The lowest BCUT2D eigenvalue weighted by molar-refractivity contribution is -0.703. The second-order valence-corrected chi connectivity index (χ2v) is 6.44. The molecule has 4 nitrogen and oxygen atoms in total. The average Bonchev–Trinajstić information content (AvgIpc) is 2.52. The van der Waals surface area contributed by atoms with E-state index in [2.05, 4.69) is 12.2 Å². The Morgan fingerprint density at radius 1 is 1.32 bits per heavy atom. The molecule has 22 heavy (non-hydrogen) atoms. The molecule has 0 aromatic heterocycles. The normalized spacial score (nSPS) is 23.0. The standard InChI is InChI=1S/C18H27NO3/c1-13-5-3-4-6-18(13)19-11-16(21)12-22-17-9-7-15(8-10-17)14(2)20/h7-10,13,16,18-19,21H,3-6,11-12H2,1-2H3/p+1/t13-,16-,18-/m1/s1. The first-order valence-corrected chi connectivity index (χ1v) is 8.31. The van der Waals surface area contributed by atoms with Crippen molar-refractivity contribution in [2.45, 2.75) is 51.7 Å². The van der Waals surface area contributed by atoms with E-state index in [1.807, 2.05) is 0 Å². The molecule has 3 atom stereocenters. The summed E-state index contributed by atoms with van der Waals surface area (Å²) in [5.41, 5.74) is 0.674. The predicted octanol–water partition coefficient (Wildman–Crippen LogP) is 1.77. The highest BCUT2D eigenvalue weighted by Gasteiger charge is 2.24. The van der Waals surface area contributed by atoms with Crippen molar-refractivity contribution in [3.05, 3.63) is 29.8 Å². The number of ketones is 1. The third kappa shape index (κ3) is 5.11. The minimum atomic E-state index is -0.471. The SMILES string of the molecule is CC(=O)c1ccc(OC[C@H](O)C[NH2+][C@@H]2CCCC[C@H]2C)cc1. The van der Waals surface area contributed by atoms with Crippen molar-refractivity contribution in [3.63, 3.8) is 0 Å². The van der Waals surface area contributed by atoms with Gasteiger partial charge in [0.25, 0.3) is 0 Å². The third-order valence-electron chi connectivity index (χ3n) is 4.59. The molecule has 1 fully saturated rings. The Kier molecular flexibility index (Phi) is 6.40. The van der Waals surface area contributed by atoms with Crippen LogP contribution in [-0.2, 0) is 0 Å². The monoisotopic (exact) mass is 306 g/mol. The zero-order valence-electron chi connectivity index (χ0n) is 13.6. The van der Waals surface area contributed by atoms with Crippen LogP contribution in [0, 0.1) is 5.92 Å². The van der Waals surface area contributed by atoms with Crippen LogP contribution in [0.2, 0.25) is 0 Å². The molecule has 1 aromatic rings.